The number of hydrogen-bond acceptors (Lipinski definition) is 2. The van der Waals surface area contributed by atoms with Gasteiger partial charge in [0.1, 0.15) is 0 Å². The largest absolute Gasteiger partial charge is 0.382 e. The highest BCUT2D eigenvalue weighted by atomic mass is 16.2. The molecule has 2 amide bonds. The van der Waals surface area contributed by atoms with Gasteiger partial charge in [0.15, 0.2) is 0 Å². The summed E-state index contributed by atoms with van der Waals surface area (Å²) in [4.78, 5) is 13.4. The summed E-state index contributed by atoms with van der Waals surface area (Å²) in [6, 6.07) is 8.78. The Morgan fingerprint density at radius 2 is 2.00 bits per heavy atom. The number of urea groups is 1. The molecule has 4 heteroatoms. The molecule has 21 heavy (non-hydrogen) atoms. The van der Waals surface area contributed by atoms with Crippen molar-refractivity contribution in [3.05, 3.63) is 24.3 Å². The Balaban J connectivity index is 1.68. The van der Waals surface area contributed by atoms with E-state index in [-0.39, 0.29) is 6.03 Å². The van der Waals surface area contributed by atoms with E-state index in [1.807, 2.05) is 12.1 Å². The molecule has 1 aromatic rings. The van der Waals surface area contributed by atoms with Crippen LogP contribution in [-0.4, -0.2) is 25.2 Å². The van der Waals surface area contributed by atoms with Gasteiger partial charge < -0.3 is 10.6 Å². The second-order valence-electron chi connectivity index (χ2n) is 6.86. The Morgan fingerprint density at radius 1 is 1.24 bits per heavy atom. The van der Waals surface area contributed by atoms with Crippen molar-refractivity contribution >= 4 is 17.4 Å². The van der Waals surface area contributed by atoms with Crippen LogP contribution < -0.4 is 15.5 Å². The Bertz CT molecular complexity index is 509. The molecule has 1 aromatic carbocycles. The summed E-state index contributed by atoms with van der Waals surface area (Å²) < 4.78 is 0. The molecule has 3 rings (SSSR count). The lowest BCUT2D eigenvalue weighted by Gasteiger charge is -2.39. The number of nitrogens with one attached hydrogen (secondary N) is 2. The molecule has 0 bridgehead atoms. The zero-order chi connectivity index (χ0) is 14.9. The molecule has 2 N–H and O–H groups in total. The molecular weight excluding hydrogens is 262 g/mol. The Hall–Kier alpha value is -1.71. The first kappa shape index (κ1) is 14.2. The van der Waals surface area contributed by atoms with Crippen LogP contribution in [0.15, 0.2) is 24.3 Å². The molecule has 114 valence electrons. The topological polar surface area (TPSA) is 44.4 Å². The minimum Gasteiger partial charge on any atom is -0.382 e. The molecule has 4 nitrogen and oxygen atoms in total. The molecule has 1 heterocycles. The van der Waals surface area contributed by atoms with Crippen molar-refractivity contribution in [3.63, 3.8) is 0 Å². The van der Waals surface area contributed by atoms with Crippen molar-refractivity contribution in [2.45, 2.75) is 45.6 Å². The van der Waals surface area contributed by atoms with E-state index in [1.54, 1.807) is 4.90 Å². The lowest BCUT2D eigenvalue weighted by atomic mass is 9.73. The third kappa shape index (κ3) is 2.99. The van der Waals surface area contributed by atoms with Gasteiger partial charge in [0, 0.05) is 30.5 Å². The zero-order valence-electron chi connectivity index (χ0n) is 13.0. The van der Waals surface area contributed by atoms with Gasteiger partial charge in [-0.05, 0) is 42.5 Å². The maximum absolute atomic E-state index is 11.7. The Labute approximate surface area is 126 Å². The van der Waals surface area contributed by atoms with Crippen LogP contribution in [0.3, 0.4) is 0 Å². The SMILES string of the molecule is CC1(C)CCCCC1Nc1ccc(N2CCNC2=O)cc1. The summed E-state index contributed by atoms with van der Waals surface area (Å²) in [7, 11) is 0. The van der Waals surface area contributed by atoms with Crippen LogP contribution in [0.4, 0.5) is 16.2 Å². The number of hydrogen-bond donors (Lipinski definition) is 2. The van der Waals surface area contributed by atoms with E-state index in [0.29, 0.717) is 11.5 Å². The quantitative estimate of drug-likeness (QED) is 0.892. The normalized spacial score (nSPS) is 24.8. The molecule has 0 radical (unpaired) electrons. The van der Waals surface area contributed by atoms with Crippen molar-refractivity contribution in [3.8, 4) is 0 Å². The average Bonchev–Trinajstić information content (AvgIpc) is 2.88. The number of carbonyl (C=O) groups is 1. The standard InChI is InChI=1S/C17H25N3O/c1-17(2)10-4-3-5-15(17)19-13-6-8-14(9-7-13)20-12-11-18-16(20)21/h6-9,15,19H,3-5,10-12H2,1-2H3,(H,18,21). The molecule has 1 atom stereocenters. The molecule has 0 aromatic heterocycles. The maximum atomic E-state index is 11.7. The second-order valence-corrected chi connectivity index (χ2v) is 6.86. The first-order chi connectivity index (χ1) is 10.1. The van der Waals surface area contributed by atoms with E-state index >= 15 is 0 Å². The number of nitrogens with zero attached hydrogens (tertiary/aromatic N) is 1. The van der Waals surface area contributed by atoms with Gasteiger partial charge in [-0.2, -0.15) is 0 Å². The molecule has 1 saturated heterocycles. The fourth-order valence-electron chi connectivity index (χ4n) is 3.42. The lowest BCUT2D eigenvalue weighted by Crippen LogP contribution is -2.38. The molecule has 0 spiro atoms. The molecule has 1 aliphatic carbocycles. The highest BCUT2D eigenvalue weighted by Crippen LogP contribution is 2.37. The number of anilines is 2. The first-order valence-electron chi connectivity index (χ1n) is 7.98. The molecule has 1 saturated carbocycles. The number of rotatable bonds is 3. The van der Waals surface area contributed by atoms with Gasteiger partial charge in [-0.1, -0.05) is 26.7 Å². The summed E-state index contributed by atoms with van der Waals surface area (Å²) in [5, 5.41) is 6.51. The first-order valence-corrected chi connectivity index (χ1v) is 7.98. The van der Waals surface area contributed by atoms with Crippen LogP contribution in [0.25, 0.3) is 0 Å². The van der Waals surface area contributed by atoms with E-state index in [1.165, 1.54) is 25.7 Å². The van der Waals surface area contributed by atoms with Gasteiger partial charge in [-0.15, -0.1) is 0 Å². The van der Waals surface area contributed by atoms with E-state index < -0.39 is 0 Å². The summed E-state index contributed by atoms with van der Waals surface area (Å²) in [6.07, 6.45) is 5.18. The number of benzene rings is 1. The van der Waals surface area contributed by atoms with Crippen molar-refractivity contribution < 1.29 is 4.79 Å². The van der Waals surface area contributed by atoms with E-state index in [0.717, 1.165) is 24.5 Å². The van der Waals surface area contributed by atoms with E-state index in [9.17, 15) is 4.79 Å². The predicted molar refractivity (Wildman–Crippen MR) is 86.8 cm³/mol. The van der Waals surface area contributed by atoms with Crippen molar-refractivity contribution in [1.82, 2.24) is 5.32 Å². The van der Waals surface area contributed by atoms with Gasteiger partial charge in [0.2, 0.25) is 0 Å². The van der Waals surface area contributed by atoms with Crippen LogP contribution in [0.5, 0.6) is 0 Å². The zero-order valence-corrected chi connectivity index (χ0v) is 13.0. The van der Waals surface area contributed by atoms with Gasteiger partial charge in [-0.3, -0.25) is 4.90 Å². The average molecular weight is 287 g/mol. The summed E-state index contributed by atoms with van der Waals surface area (Å²) in [5.41, 5.74) is 2.47. The van der Waals surface area contributed by atoms with Crippen molar-refractivity contribution in [1.29, 1.82) is 0 Å². The third-order valence-electron chi connectivity index (χ3n) is 4.88. The molecule has 1 aliphatic heterocycles. The van der Waals surface area contributed by atoms with Crippen molar-refractivity contribution in [2.24, 2.45) is 5.41 Å². The highest BCUT2D eigenvalue weighted by Gasteiger charge is 2.32. The fourth-order valence-corrected chi connectivity index (χ4v) is 3.42. The highest BCUT2D eigenvalue weighted by molar-refractivity contribution is 5.94. The molecular formula is C17H25N3O. The minimum atomic E-state index is 0.00382. The number of carbonyl (C=O) groups excluding carboxylic acids is 1. The molecule has 1 unspecified atom stereocenters. The Morgan fingerprint density at radius 3 is 2.62 bits per heavy atom. The van der Waals surface area contributed by atoms with Crippen LogP contribution in [0, 0.1) is 5.41 Å². The maximum Gasteiger partial charge on any atom is 0.321 e. The molecule has 2 fully saturated rings. The van der Waals surface area contributed by atoms with Gasteiger partial charge >= 0.3 is 6.03 Å². The van der Waals surface area contributed by atoms with Crippen LogP contribution in [0.2, 0.25) is 0 Å². The molecule has 2 aliphatic rings. The number of amides is 2. The predicted octanol–water partition coefficient (Wildman–Crippen LogP) is 3.60. The summed E-state index contributed by atoms with van der Waals surface area (Å²) in [6.45, 7) is 6.19. The third-order valence-corrected chi connectivity index (χ3v) is 4.88. The summed E-state index contributed by atoms with van der Waals surface area (Å²) in [5.74, 6) is 0. The van der Waals surface area contributed by atoms with Gasteiger partial charge in [0.05, 0.1) is 0 Å². The fraction of sp³-hybridized carbons (Fsp3) is 0.588. The van der Waals surface area contributed by atoms with Gasteiger partial charge in [-0.25, -0.2) is 4.79 Å². The van der Waals surface area contributed by atoms with Crippen LogP contribution >= 0.6 is 0 Å². The van der Waals surface area contributed by atoms with Crippen LogP contribution in [-0.2, 0) is 0 Å². The monoisotopic (exact) mass is 287 g/mol. The lowest BCUT2D eigenvalue weighted by molar-refractivity contribution is 0.217. The van der Waals surface area contributed by atoms with Gasteiger partial charge in [0.25, 0.3) is 0 Å². The Kier molecular flexibility index (Phi) is 3.79. The minimum absolute atomic E-state index is 0.00382. The smallest absolute Gasteiger partial charge is 0.321 e. The van der Waals surface area contributed by atoms with E-state index in [4.69, 9.17) is 0 Å². The second kappa shape index (κ2) is 5.58. The van der Waals surface area contributed by atoms with Crippen molar-refractivity contribution in [2.75, 3.05) is 23.3 Å². The van der Waals surface area contributed by atoms with E-state index in [2.05, 4.69) is 36.6 Å². The van der Waals surface area contributed by atoms with Crippen LogP contribution in [0.1, 0.15) is 39.5 Å². The summed E-state index contributed by atoms with van der Waals surface area (Å²) >= 11 is 0.